The topological polar surface area (TPSA) is 12.4 Å². The second-order valence-electron chi connectivity index (χ2n) is 2.59. The van der Waals surface area contributed by atoms with E-state index in [1.807, 2.05) is 18.2 Å². The van der Waals surface area contributed by atoms with Gasteiger partial charge in [0.2, 0.25) is 0 Å². The minimum absolute atomic E-state index is 0.580. The maximum Gasteiger partial charge on any atom is 0.103 e. The van der Waals surface area contributed by atoms with Crippen LogP contribution in [-0.2, 0) is 6.42 Å². The first-order valence-corrected chi connectivity index (χ1v) is 4.40. The molecule has 0 atom stereocenters. The third-order valence-electron chi connectivity index (χ3n) is 1.65. The Labute approximate surface area is 78.1 Å². The van der Waals surface area contributed by atoms with E-state index in [1.54, 1.807) is 6.92 Å². The van der Waals surface area contributed by atoms with Gasteiger partial charge in [0.1, 0.15) is 5.17 Å². The van der Waals surface area contributed by atoms with Gasteiger partial charge in [0.05, 0.1) is 5.69 Å². The fourth-order valence-electron chi connectivity index (χ4n) is 1.08. The van der Waals surface area contributed by atoms with E-state index >= 15 is 0 Å². The van der Waals surface area contributed by atoms with E-state index in [0.29, 0.717) is 5.17 Å². The van der Waals surface area contributed by atoms with Crippen LogP contribution < -0.4 is 0 Å². The summed E-state index contributed by atoms with van der Waals surface area (Å²) in [5.41, 5.74) is 2.21. The predicted molar refractivity (Wildman–Crippen MR) is 54.4 cm³/mol. The quantitative estimate of drug-likeness (QED) is 0.619. The van der Waals surface area contributed by atoms with Crippen molar-refractivity contribution >= 4 is 22.5 Å². The van der Waals surface area contributed by atoms with Crippen LogP contribution in [-0.4, -0.2) is 5.17 Å². The summed E-state index contributed by atoms with van der Waals surface area (Å²) < 4.78 is 0. The summed E-state index contributed by atoms with van der Waals surface area (Å²) >= 11 is 5.69. The average molecular weight is 182 g/mol. The van der Waals surface area contributed by atoms with Crippen LogP contribution in [0.5, 0.6) is 0 Å². The number of para-hydroxylation sites is 1. The second kappa shape index (κ2) is 4.27. The zero-order valence-electron chi connectivity index (χ0n) is 7.34. The second-order valence-corrected chi connectivity index (χ2v) is 3.14. The Morgan fingerprint density at radius 2 is 2.08 bits per heavy atom. The molecule has 1 rings (SSSR count). The standard InChI is InChI=1S/C10H12ClN/c1-3-9-6-4-5-7-10(9)12-8(2)11/h4-7H,3H2,1-2H3. The molecule has 2 heteroatoms. The Balaban J connectivity index is 3.05. The smallest absolute Gasteiger partial charge is 0.103 e. The van der Waals surface area contributed by atoms with Gasteiger partial charge in [-0.2, -0.15) is 0 Å². The molecule has 0 saturated heterocycles. The van der Waals surface area contributed by atoms with Crippen molar-refractivity contribution in [3.8, 4) is 0 Å². The van der Waals surface area contributed by atoms with E-state index in [2.05, 4.69) is 18.0 Å². The van der Waals surface area contributed by atoms with Crippen molar-refractivity contribution < 1.29 is 0 Å². The van der Waals surface area contributed by atoms with Crippen LogP contribution in [0.1, 0.15) is 19.4 Å². The van der Waals surface area contributed by atoms with Crippen molar-refractivity contribution in [3.63, 3.8) is 0 Å². The summed E-state index contributed by atoms with van der Waals surface area (Å²) in [4.78, 5) is 4.21. The van der Waals surface area contributed by atoms with Crippen LogP contribution in [0.3, 0.4) is 0 Å². The van der Waals surface area contributed by atoms with Gasteiger partial charge in [0.25, 0.3) is 0 Å². The Bertz CT molecular complexity index is 288. The monoisotopic (exact) mass is 181 g/mol. The molecule has 0 aliphatic heterocycles. The fraction of sp³-hybridized carbons (Fsp3) is 0.300. The molecular weight excluding hydrogens is 170 g/mol. The summed E-state index contributed by atoms with van der Waals surface area (Å²) in [7, 11) is 0. The summed E-state index contributed by atoms with van der Waals surface area (Å²) in [6.45, 7) is 3.89. The molecule has 0 radical (unpaired) electrons. The summed E-state index contributed by atoms with van der Waals surface area (Å²) in [6.07, 6.45) is 0.990. The number of benzene rings is 1. The molecule has 0 aliphatic rings. The largest absolute Gasteiger partial charge is 0.241 e. The molecule has 0 amide bonds. The SMILES string of the molecule is CCc1ccccc1N=C(C)Cl. The zero-order valence-corrected chi connectivity index (χ0v) is 8.10. The number of aliphatic imine (C=N–C) groups is 1. The molecule has 0 saturated carbocycles. The molecule has 64 valence electrons. The molecule has 0 aliphatic carbocycles. The van der Waals surface area contributed by atoms with Crippen molar-refractivity contribution in [2.45, 2.75) is 20.3 Å². The molecule has 0 heterocycles. The van der Waals surface area contributed by atoms with Crippen LogP contribution in [0.15, 0.2) is 29.3 Å². The molecular formula is C10H12ClN. The van der Waals surface area contributed by atoms with Gasteiger partial charge in [-0.25, -0.2) is 4.99 Å². The van der Waals surface area contributed by atoms with Crippen molar-refractivity contribution in [1.29, 1.82) is 0 Å². The van der Waals surface area contributed by atoms with Gasteiger partial charge in [-0.1, -0.05) is 36.7 Å². The van der Waals surface area contributed by atoms with Gasteiger partial charge in [0.15, 0.2) is 0 Å². The highest BCUT2D eigenvalue weighted by atomic mass is 35.5. The lowest BCUT2D eigenvalue weighted by atomic mass is 10.1. The number of hydrogen-bond donors (Lipinski definition) is 0. The first-order chi connectivity index (χ1) is 5.74. The van der Waals surface area contributed by atoms with E-state index in [4.69, 9.17) is 11.6 Å². The highest BCUT2D eigenvalue weighted by molar-refractivity contribution is 6.65. The van der Waals surface area contributed by atoms with E-state index in [0.717, 1.165) is 12.1 Å². The third-order valence-corrected chi connectivity index (χ3v) is 1.73. The molecule has 12 heavy (non-hydrogen) atoms. The van der Waals surface area contributed by atoms with Crippen LogP contribution in [0.2, 0.25) is 0 Å². The van der Waals surface area contributed by atoms with E-state index in [1.165, 1.54) is 5.56 Å². The number of nitrogens with zero attached hydrogens (tertiary/aromatic N) is 1. The van der Waals surface area contributed by atoms with Crippen molar-refractivity contribution in [3.05, 3.63) is 29.8 Å². The molecule has 0 fully saturated rings. The molecule has 0 unspecified atom stereocenters. The van der Waals surface area contributed by atoms with Crippen molar-refractivity contribution in [2.24, 2.45) is 4.99 Å². The number of hydrogen-bond acceptors (Lipinski definition) is 1. The highest BCUT2D eigenvalue weighted by Gasteiger charge is 1.96. The number of rotatable bonds is 2. The maximum atomic E-state index is 5.69. The fourth-order valence-corrected chi connectivity index (χ4v) is 1.18. The molecule has 1 aromatic rings. The minimum Gasteiger partial charge on any atom is -0.241 e. The van der Waals surface area contributed by atoms with Gasteiger partial charge in [-0.3, -0.25) is 0 Å². The van der Waals surface area contributed by atoms with Gasteiger partial charge in [-0.05, 0) is 25.0 Å². The van der Waals surface area contributed by atoms with Crippen molar-refractivity contribution in [2.75, 3.05) is 0 Å². The first-order valence-electron chi connectivity index (χ1n) is 4.02. The summed E-state index contributed by atoms with van der Waals surface area (Å²) in [5.74, 6) is 0. The lowest BCUT2D eigenvalue weighted by Crippen LogP contribution is -1.82. The number of aryl methyl sites for hydroxylation is 1. The maximum absolute atomic E-state index is 5.69. The van der Waals surface area contributed by atoms with Crippen LogP contribution in [0.4, 0.5) is 5.69 Å². The minimum atomic E-state index is 0.580. The normalized spacial score (nSPS) is 11.8. The molecule has 1 nitrogen and oxygen atoms in total. The zero-order chi connectivity index (χ0) is 8.97. The van der Waals surface area contributed by atoms with Crippen molar-refractivity contribution in [1.82, 2.24) is 0 Å². The lowest BCUT2D eigenvalue weighted by molar-refractivity contribution is 1.13. The highest BCUT2D eigenvalue weighted by Crippen LogP contribution is 2.19. The van der Waals surface area contributed by atoms with Crippen LogP contribution in [0, 0.1) is 0 Å². The van der Waals surface area contributed by atoms with Crippen LogP contribution >= 0.6 is 11.6 Å². The van der Waals surface area contributed by atoms with Gasteiger partial charge < -0.3 is 0 Å². The summed E-state index contributed by atoms with van der Waals surface area (Å²) in [5, 5.41) is 0.580. The Kier molecular flexibility index (Phi) is 3.30. The molecule has 1 aromatic carbocycles. The molecule has 0 bridgehead atoms. The molecule has 0 aromatic heterocycles. The van der Waals surface area contributed by atoms with E-state index in [9.17, 15) is 0 Å². The first kappa shape index (κ1) is 9.27. The van der Waals surface area contributed by atoms with Crippen LogP contribution in [0.25, 0.3) is 0 Å². The van der Waals surface area contributed by atoms with Gasteiger partial charge >= 0.3 is 0 Å². The van der Waals surface area contributed by atoms with Gasteiger partial charge in [0, 0.05) is 0 Å². The Hall–Kier alpha value is -0.820. The molecule has 0 N–H and O–H groups in total. The predicted octanol–water partition coefficient (Wildman–Crippen LogP) is 3.54. The lowest BCUT2D eigenvalue weighted by Gasteiger charge is -2.00. The summed E-state index contributed by atoms with van der Waals surface area (Å²) in [6, 6.07) is 8.03. The average Bonchev–Trinajstić information content (AvgIpc) is 2.04. The Morgan fingerprint density at radius 3 is 2.67 bits per heavy atom. The van der Waals surface area contributed by atoms with Gasteiger partial charge in [-0.15, -0.1) is 0 Å². The third kappa shape index (κ3) is 2.35. The Morgan fingerprint density at radius 1 is 1.42 bits per heavy atom. The molecule has 0 spiro atoms. The number of halogens is 1. The van der Waals surface area contributed by atoms with E-state index < -0.39 is 0 Å². The van der Waals surface area contributed by atoms with E-state index in [-0.39, 0.29) is 0 Å².